The number of aromatic nitrogens is 2. The third-order valence-electron chi connectivity index (χ3n) is 4.91. The SMILES string of the molecule is Cn1c(=NS(=O)(=O)c2ccccc2)n(Cc2cccc(C(F)(F)F)c2)c2ccccc21. The van der Waals surface area contributed by atoms with Crippen LogP contribution >= 0.6 is 0 Å². The van der Waals surface area contributed by atoms with Crippen LogP contribution in [-0.4, -0.2) is 17.6 Å². The summed E-state index contributed by atoms with van der Waals surface area (Å²) in [5.74, 6) is 0. The lowest BCUT2D eigenvalue weighted by molar-refractivity contribution is -0.137. The van der Waals surface area contributed by atoms with Crippen LogP contribution in [0.1, 0.15) is 11.1 Å². The Hall–Kier alpha value is -3.33. The summed E-state index contributed by atoms with van der Waals surface area (Å²) in [4.78, 5) is 0.0332. The number of alkyl halides is 3. The maximum atomic E-state index is 13.1. The van der Waals surface area contributed by atoms with Crippen LogP contribution in [0.4, 0.5) is 13.2 Å². The van der Waals surface area contributed by atoms with Gasteiger partial charge in [-0.25, -0.2) is 0 Å². The minimum absolute atomic E-state index is 0.0222. The highest BCUT2D eigenvalue weighted by Crippen LogP contribution is 2.29. The molecule has 5 nitrogen and oxygen atoms in total. The average molecular weight is 445 g/mol. The molecule has 0 saturated carbocycles. The lowest BCUT2D eigenvalue weighted by Crippen LogP contribution is -2.26. The zero-order valence-corrected chi connectivity index (χ0v) is 17.2. The molecule has 1 heterocycles. The second-order valence-corrected chi connectivity index (χ2v) is 8.62. The number of para-hydroxylation sites is 2. The zero-order valence-electron chi connectivity index (χ0n) is 16.4. The molecule has 0 bridgehead atoms. The molecule has 160 valence electrons. The molecule has 0 radical (unpaired) electrons. The molecule has 0 amide bonds. The van der Waals surface area contributed by atoms with Gasteiger partial charge >= 0.3 is 6.18 Å². The predicted octanol–water partition coefficient (Wildman–Crippen LogP) is 4.34. The Morgan fingerprint density at radius 3 is 2.19 bits per heavy atom. The van der Waals surface area contributed by atoms with Crippen LogP contribution in [0.5, 0.6) is 0 Å². The minimum Gasteiger partial charge on any atom is -0.312 e. The van der Waals surface area contributed by atoms with Crippen LogP contribution in [-0.2, 0) is 29.8 Å². The second kappa shape index (κ2) is 7.73. The molecular weight excluding hydrogens is 427 g/mol. The van der Waals surface area contributed by atoms with E-state index in [1.165, 1.54) is 18.2 Å². The molecule has 0 N–H and O–H groups in total. The molecule has 0 aliphatic heterocycles. The van der Waals surface area contributed by atoms with Gasteiger partial charge in [-0.2, -0.15) is 21.6 Å². The Kier molecular flexibility index (Phi) is 5.22. The van der Waals surface area contributed by atoms with E-state index in [0.29, 0.717) is 16.6 Å². The van der Waals surface area contributed by atoms with E-state index in [1.807, 2.05) is 0 Å². The summed E-state index contributed by atoms with van der Waals surface area (Å²) in [6, 6.07) is 19.9. The first-order valence-electron chi connectivity index (χ1n) is 9.33. The lowest BCUT2D eigenvalue weighted by Gasteiger charge is -2.10. The number of sulfonamides is 1. The summed E-state index contributed by atoms with van der Waals surface area (Å²) in [5, 5.41) is 0. The molecule has 0 saturated heterocycles. The zero-order chi connectivity index (χ0) is 22.2. The van der Waals surface area contributed by atoms with Crippen molar-refractivity contribution >= 4 is 21.1 Å². The number of rotatable bonds is 4. The van der Waals surface area contributed by atoms with E-state index in [0.717, 1.165) is 12.1 Å². The summed E-state index contributed by atoms with van der Waals surface area (Å²) in [5.41, 5.74) is 1.09. The molecule has 31 heavy (non-hydrogen) atoms. The van der Waals surface area contributed by atoms with Gasteiger partial charge in [0, 0.05) is 7.05 Å². The maximum absolute atomic E-state index is 13.1. The first-order chi connectivity index (χ1) is 14.7. The topological polar surface area (TPSA) is 56.4 Å². The monoisotopic (exact) mass is 445 g/mol. The van der Waals surface area contributed by atoms with E-state index in [4.69, 9.17) is 0 Å². The summed E-state index contributed by atoms with van der Waals surface area (Å²) in [6.45, 7) is 0.0222. The highest BCUT2D eigenvalue weighted by Gasteiger charge is 2.30. The molecule has 0 unspecified atom stereocenters. The number of hydrogen-bond donors (Lipinski definition) is 0. The second-order valence-electron chi connectivity index (χ2n) is 7.01. The number of aryl methyl sites for hydroxylation is 1. The highest BCUT2D eigenvalue weighted by molar-refractivity contribution is 7.90. The molecule has 9 heteroatoms. The number of hydrogen-bond acceptors (Lipinski definition) is 2. The van der Waals surface area contributed by atoms with Gasteiger partial charge in [-0.05, 0) is 42.0 Å². The number of halogens is 3. The van der Waals surface area contributed by atoms with Crippen LogP contribution in [0.25, 0.3) is 11.0 Å². The van der Waals surface area contributed by atoms with Gasteiger partial charge < -0.3 is 9.13 Å². The third kappa shape index (κ3) is 4.13. The standard InChI is InChI=1S/C22H18F3N3O2S/c1-27-19-12-5-6-13-20(19)28(15-16-8-7-9-17(14-16)22(23,24)25)21(27)26-31(29,30)18-10-3-2-4-11-18/h2-14H,15H2,1H3. The fraction of sp³-hybridized carbons (Fsp3) is 0.136. The summed E-state index contributed by atoms with van der Waals surface area (Å²) in [7, 11) is -2.36. The van der Waals surface area contributed by atoms with Crippen LogP contribution in [0.3, 0.4) is 0 Å². The Bertz CT molecular complexity index is 1420. The van der Waals surface area contributed by atoms with E-state index < -0.39 is 21.8 Å². The molecule has 0 fully saturated rings. The largest absolute Gasteiger partial charge is 0.416 e. The van der Waals surface area contributed by atoms with Gasteiger partial charge in [0.2, 0.25) is 5.62 Å². The van der Waals surface area contributed by atoms with Crippen molar-refractivity contribution in [2.24, 2.45) is 11.4 Å². The molecule has 1 aromatic heterocycles. The normalized spacial score (nSPS) is 13.1. The Morgan fingerprint density at radius 2 is 1.52 bits per heavy atom. The molecule has 0 aliphatic rings. The fourth-order valence-corrected chi connectivity index (χ4v) is 4.46. The van der Waals surface area contributed by atoms with Crippen LogP contribution < -0.4 is 5.62 Å². The van der Waals surface area contributed by atoms with Crippen molar-refractivity contribution in [1.82, 2.24) is 9.13 Å². The van der Waals surface area contributed by atoms with E-state index in [-0.39, 0.29) is 17.1 Å². The number of fused-ring (bicyclic) bond motifs is 1. The smallest absolute Gasteiger partial charge is 0.312 e. The van der Waals surface area contributed by atoms with Crippen molar-refractivity contribution in [3.63, 3.8) is 0 Å². The van der Waals surface area contributed by atoms with Crippen molar-refractivity contribution < 1.29 is 21.6 Å². The number of imidazole rings is 1. The number of benzene rings is 3. The van der Waals surface area contributed by atoms with Gasteiger partial charge in [-0.15, -0.1) is 4.40 Å². The van der Waals surface area contributed by atoms with Crippen molar-refractivity contribution in [3.8, 4) is 0 Å². The van der Waals surface area contributed by atoms with Gasteiger partial charge in [-0.1, -0.05) is 42.5 Å². The maximum Gasteiger partial charge on any atom is 0.416 e. The Balaban J connectivity index is 1.92. The summed E-state index contributed by atoms with van der Waals surface area (Å²) in [6.07, 6.45) is -4.47. The first kappa shape index (κ1) is 20.9. The van der Waals surface area contributed by atoms with Crippen molar-refractivity contribution in [2.75, 3.05) is 0 Å². The molecule has 3 aromatic carbocycles. The molecule has 0 spiro atoms. The van der Waals surface area contributed by atoms with Crippen molar-refractivity contribution in [2.45, 2.75) is 17.6 Å². The van der Waals surface area contributed by atoms with Crippen LogP contribution in [0, 0.1) is 0 Å². The third-order valence-corrected chi connectivity index (χ3v) is 6.18. The Labute approximate surface area is 176 Å². The lowest BCUT2D eigenvalue weighted by atomic mass is 10.1. The van der Waals surface area contributed by atoms with E-state index in [9.17, 15) is 21.6 Å². The summed E-state index contributed by atoms with van der Waals surface area (Å²) < 4.78 is 72.4. The quantitative estimate of drug-likeness (QED) is 0.469. The van der Waals surface area contributed by atoms with Crippen LogP contribution in [0.2, 0.25) is 0 Å². The van der Waals surface area contributed by atoms with Crippen LogP contribution in [0.15, 0.2) is 88.2 Å². The van der Waals surface area contributed by atoms with Gasteiger partial charge in [0.05, 0.1) is 28.0 Å². The predicted molar refractivity (Wildman–Crippen MR) is 111 cm³/mol. The molecule has 4 aromatic rings. The van der Waals surface area contributed by atoms with E-state index >= 15 is 0 Å². The van der Waals surface area contributed by atoms with Gasteiger partial charge in [0.1, 0.15) is 0 Å². The summed E-state index contributed by atoms with van der Waals surface area (Å²) >= 11 is 0. The Morgan fingerprint density at radius 1 is 0.871 bits per heavy atom. The van der Waals surface area contributed by atoms with E-state index in [1.54, 1.807) is 64.7 Å². The van der Waals surface area contributed by atoms with E-state index in [2.05, 4.69) is 4.40 Å². The average Bonchev–Trinajstić information content (AvgIpc) is 3.00. The molecular formula is C22H18F3N3O2S. The van der Waals surface area contributed by atoms with Gasteiger partial charge in [0.15, 0.2) is 0 Å². The molecule has 4 rings (SSSR count). The van der Waals surface area contributed by atoms with Gasteiger partial charge in [0.25, 0.3) is 10.0 Å². The van der Waals surface area contributed by atoms with Gasteiger partial charge in [-0.3, -0.25) is 0 Å². The van der Waals surface area contributed by atoms with Crippen molar-refractivity contribution in [1.29, 1.82) is 0 Å². The molecule has 0 aliphatic carbocycles. The highest BCUT2D eigenvalue weighted by atomic mass is 32.2. The molecule has 0 atom stereocenters. The number of nitrogens with zero attached hydrogens (tertiary/aromatic N) is 3. The first-order valence-corrected chi connectivity index (χ1v) is 10.8. The van der Waals surface area contributed by atoms with Crippen molar-refractivity contribution in [3.05, 3.63) is 95.6 Å². The fourth-order valence-electron chi connectivity index (χ4n) is 3.42. The minimum atomic E-state index is -4.47.